The van der Waals surface area contributed by atoms with E-state index in [1.165, 1.54) is 0 Å². The number of rotatable bonds is 5. The molecule has 106 valence electrons. The minimum absolute atomic E-state index is 0.139. The molecule has 0 saturated heterocycles. The third-order valence-corrected chi connectivity index (χ3v) is 4.29. The van der Waals surface area contributed by atoms with E-state index in [2.05, 4.69) is 5.32 Å². The highest BCUT2D eigenvalue weighted by Crippen LogP contribution is 2.48. The zero-order valence-electron chi connectivity index (χ0n) is 11.5. The third kappa shape index (κ3) is 2.68. The number of nitrogens with one attached hydrogen (secondary N) is 1. The van der Waals surface area contributed by atoms with Crippen LogP contribution in [0.2, 0.25) is 0 Å². The molecule has 1 N–H and O–H groups in total. The van der Waals surface area contributed by atoms with E-state index in [1.54, 1.807) is 6.07 Å². The van der Waals surface area contributed by atoms with Gasteiger partial charge in [0.05, 0.1) is 0 Å². The van der Waals surface area contributed by atoms with Crippen molar-refractivity contribution in [2.75, 3.05) is 12.4 Å². The highest BCUT2D eigenvalue weighted by molar-refractivity contribution is 6.17. The number of alkyl halides is 1. The number of hydrogen-bond acceptors (Lipinski definition) is 2. The van der Waals surface area contributed by atoms with Crippen LogP contribution in [0.25, 0.3) is 11.0 Å². The first kappa shape index (κ1) is 13.5. The molecule has 3 rings (SSSR count). The number of fused-ring (bicyclic) bond motifs is 1. The molecule has 20 heavy (non-hydrogen) atoms. The van der Waals surface area contributed by atoms with Crippen molar-refractivity contribution in [1.29, 1.82) is 0 Å². The zero-order valence-corrected chi connectivity index (χ0v) is 12.3. The van der Waals surface area contributed by atoms with Gasteiger partial charge in [-0.3, -0.25) is 4.79 Å². The summed E-state index contributed by atoms with van der Waals surface area (Å²) in [7, 11) is 0. The summed E-state index contributed by atoms with van der Waals surface area (Å²) in [6.07, 6.45) is 3.27. The number of carbonyl (C=O) groups excluding carboxylic acids is 1. The van der Waals surface area contributed by atoms with Crippen molar-refractivity contribution in [3.8, 4) is 0 Å². The topological polar surface area (TPSA) is 42.2 Å². The smallest absolute Gasteiger partial charge is 0.287 e. The number of carbonyl (C=O) groups is 1. The van der Waals surface area contributed by atoms with Crippen LogP contribution in [0.3, 0.4) is 0 Å². The molecule has 2 aromatic rings. The van der Waals surface area contributed by atoms with Crippen LogP contribution < -0.4 is 5.32 Å². The van der Waals surface area contributed by atoms with E-state index in [9.17, 15) is 4.79 Å². The number of aryl methyl sites for hydroxylation is 1. The molecule has 0 bridgehead atoms. The normalized spacial score (nSPS) is 16.3. The van der Waals surface area contributed by atoms with Gasteiger partial charge in [0, 0.05) is 17.8 Å². The minimum Gasteiger partial charge on any atom is -0.451 e. The first-order valence-corrected chi connectivity index (χ1v) is 7.50. The molecule has 1 heterocycles. The molecule has 1 aromatic heterocycles. The molecule has 0 atom stereocenters. The molecule has 0 radical (unpaired) electrons. The fraction of sp³-hybridized carbons (Fsp3) is 0.438. The average Bonchev–Trinajstić information content (AvgIpc) is 3.06. The van der Waals surface area contributed by atoms with Crippen LogP contribution in [-0.4, -0.2) is 18.3 Å². The molecule has 1 aliphatic rings. The second-order valence-electron chi connectivity index (χ2n) is 5.77. The second-order valence-corrected chi connectivity index (χ2v) is 6.15. The molecule has 0 aliphatic heterocycles. The van der Waals surface area contributed by atoms with Crippen molar-refractivity contribution in [2.45, 2.75) is 26.2 Å². The Morgan fingerprint density at radius 1 is 1.40 bits per heavy atom. The Balaban J connectivity index is 1.69. The lowest BCUT2D eigenvalue weighted by molar-refractivity contribution is 0.0919. The van der Waals surface area contributed by atoms with Crippen molar-refractivity contribution in [1.82, 2.24) is 5.32 Å². The molecule has 1 aromatic carbocycles. The van der Waals surface area contributed by atoms with E-state index in [-0.39, 0.29) is 11.3 Å². The van der Waals surface area contributed by atoms with E-state index >= 15 is 0 Å². The van der Waals surface area contributed by atoms with Gasteiger partial charge in [0.1, 0.15) is 5.58 Å². The van der Waals surface area contributed by atoms with Crippen LogP contribution in [0.15, 0.2) is 28.7 Å². The summed E-state index contributed by atoms with van der Waals surface area (Å²) in [4.78, 5) is 12.1. The first-order valence-electron chi connectivity index (χ1n) is 6.96. The van der Waals surface area contributed by atoms with Crippen LogP contribution in [0, 0.1) is 12.3 Å². The van der Waals surface area contributed by atoms with Gasteiger partial charge < -0.3 is 9.73 Å². The van der Waals surface area contributed by atoms with Crippen LogP contribution in [-0.2, 0) is 0 Å². The lowest BCUT2D eigenvalue weighted by Gasteiger charge is -2.13. The Labute approximate surface area is 123 Å². The summed E-state index contributed by atoms with van der Waals surface area (Å²) in [5, 5.41) is 3.94. The van der Waals surface area contributed by atoms with E-state index in [0.717, 1.165) is 35.8 Å². The quantitative estimate of drug-likeness (QED) is 0.850. The van der Waals surface area contributed by atoms with Gasteiger partial charge in [-0.25, -0.2) is 0 Å². The fourth-order valence-electron chi connectivity index (χ4n) is 2.52. The van der Waals surface area contributed by atoms with Crippen LogP contribution in [0.4, 0.5) is 0 Å². The molecular weight excluding hydrogens is 274 g/mol. The summed E-state index contributed by atoms with van der Waals surface area (Å²) >= 11 is 5.80. The SMILES string of the molecule is Cc1ccc2oc(C(=O)NCC3(CCCl)CC3)cc2c1. The summed E-state index contributed by atoms with van der Waals surface area (Å²) in [5.74, 6) is 0.895. The second kappa shape index (κ2) is 5.13. The summed E-state index contributed by atoms with van der Waals surface area (Å²) < 4.78 is 5.59. The monoisotopic (exact) mass is 291 g/mol. The van der Waals surface area contributed by atoms with Gasteiger partial charge in [-0.2, -0.15) is 0 Å². The lowest BCUT2D eigenvalue weighted by atomic mass is 10.0. The number of hydrogen-bond donors (Lipinski definition) is 1. The molecule has 0 unspecified atom stereocenters. The molecule has 1 aliphatic carbocycles. The summed E-state index contributed by atoms with van der Waals surface area (Å²) in [6, 6.07) is 7.70. The maximum Gasteiger partial charge on any atom is 0.287 e. The van der Waals surface area contributed by atoms with Crippen LogP contribution in [0.1, 0.15) is 35.4 Å². The van der Waals surface area contributed by atoms with E-state index in [0.29, 0.717) is 18.2 Å². The number of furan rings is 1. The Morgan fingerprint density at radius 2 is 2.20 bits per heavy atom. The zero-order chi connectivity index (χ0) is 14.2. The van der Waals surface area contributed by atoms with E-state index < -0.39 is 0 Å². The molecule has 4 heteroatoms. The maximum atomic E-state index is 12.1. The Bertz CT molecular complexity index is 643. The van der Waals surface area contributed by atoms with Crippen molar-refractivity contribution < 1.29 is 9.21 Å². The summed E-state index contributed by atoms with van der Waals surface area (Å²) in [6.45, 7) is 2.71. The Kier molecular flexibility index (Phi) is 3.47. The highest BCUT2D eigenvalue weighted by atomic mass is 35.5. The molecule has 1 saturated carbocycles. The van der Waals surface area contributed by atoms with E-state index in [1.807, 2.05) is 25.1 Å². The number of amides is 1. The number of benzene rings is 1. The van der Waals surface area contributed by atoms with Gasteiger partial charge in [-0.15, -0.1) is 11.6 Å². The van der Waals surface area contributed by atoms with Gasteiger partial charge in [0.25, 0.3) is 5.91 Å². The van der Waals surface area contributed by atoms with Gasteiger partial charge in [-0.1, -0.05) is 11.6 Å². The van der Waals surface area contributed by atoms with Gasteiger partial charge in [-0.05, 0) is 49.8 Å². The summed E-state index contributed by atoms with van der Waals surface area (Å²) in [5.41, 5.74) is 2.15. The number of halogens is 1. The third-order valence-electron chi connectivity index (χ3n) is 4.10. The Hall–Kier alpha value is -1.48. The lowest BCUT2D eigenvalue weighted by Crippen LogP contribution is -2.30. The maximum absolute atomic E-state index is 12.1. The fourth-order valence-corrected chi connectivity index (χ4v) is 2.92. The van der Waals surface area contributed by atoms with Crippen molar-refractivity contribution in [2.24, 2.45) is 5.41 Å². The van der Waals surface area contributed by atoms with Crippen molar-refractivity contribution in [3.05, 3.63) is 35.6 Å². The molecule has 1 amide bonds. The van der Waals surface area contributed by atoms with Gasteiger partial charge in [0.15, 0.2) is 5.76 Å². The van der Waals surface area contributed by atoms with Crippen molar-refractivity contribution >= 4 is 28.5 Å². The minimum atomic E-state index is -0.139. The molecular formula is C16H18ClNO2. The standard InChI is InChI=1S/C16H18ClNO2/c1-11-2-3-13-12(8-11)9-14(20-13)15(19)18-10-16(4-5-16)6-7-17/h2-3,8-9H,4-7,10H2,1H3,(H,18,19). The van der Waals surface area contributed by atoms with Gasteiger partial charge in [0.2, 0.25) is 0 Å². The van der Waals surface area contributed by atoms with Crippen LogP contribution >= 0.6 is 11.6 Å². The van der Waals surface area contributed by atoms with Crippen LogP contribution in [0.5, 0.6) is 0 Å². The predicted molar refractivity (Wildman–Crippen MR) is 80.3 cm³/mol. The highest BCUT2D eigenvalue weighted by Gasteiger charge is 2.41. The molecule has 0 spiro atoms. The molecule has 1 fully saturated rings. The van der Waals surface area contributed by atoms with E-state index in [4.69, 9.17) is 16.0 Å². The Morgan fingerprint density at radius 3 is 2.90 bits per heavy atom. The largest absolute Gasteiger partial charge is 0.451 e. The predicted octanol–water partition coefficient (Wildman–Crippen LogP) is 3.88. The van der Waals surface area contributed by atoms with Crippen molar-refractivity contribution in [3.63, 3.8) is 0 Å². The first-order chi connectivity index (χ1) is 9.62. The van der Waals surface area contributed by atoms with Gasteiger partial charge >= 0.3 is 0 Å². The average molecular weight is 292 g/mol. The molecule has 3 nitrogen and oxygen atoms in total.